The highest BCUT2D eigenvalue weighted by Crippen LogP contribution is 2.22. The third kappa shape index (κ3) is 6.35. The summed E-state index contributed by atoms with van der Waals surface area (Å²) < 4.78 is 28.6. The van der Waals surface area contributed by atoms with E-state index in [1.165, 1.54) is 0 Å². The lowest BCUT2D eigenvalue weighted by molar-refractivity contribution is 0.0718. The van der Waals surface area contributed by atoms with Gasteiger partial charge in [-0.3, -0.25) is 4.79 Å². The van der Waals surface area contributed by atoms with E-state index >= 15 is 0 Å². The molecule has 1 heterocycles. The molecule has 3 aromatic rings. The molecule has 1 amide bonds. The predicted molar refractivity (Wildman–Crippen MR) is 135 cm³/mol. The van der Waals surface area contributed by atoms with Crippen molar-refractivity contribution >= 4 is 15.7 Å². The molecule has 0 aliphatic rings. The maximum absolute atomic E-state index is 13.4. The summed E-state index contributed by atoms with van der Waals surface area (Å²) in [6.07, 6.45) is 1.61. The van der Waals surface area contributed by atoms with E-state index in [0.717, 1.165) is 16.8 Å². The van der Waals surface area contributed by atoms with Crippen molar-refractivity contribution in [1.82, 2.24) is 14.5 Å². The highest BCUT2D eigenvalue weighted by atomic mass is 32.2. The van der Waals surface area contributed by atoms with Crippen LogP contribution in [0.3, 0.4) is 0 Å². The molecule has 1 aromatic heterocycles. The Morgan fingerprint density at radius 3 is 2.24 bits per heavy atom. The second-order valence-electron chi connectivity index (χ2n) is 9.67. The van der Waals surface area contributed by atoms with Crippen LogP contribution >= 0.6 is 0 Å². The first kappa shape index (κ1) is 25.7. The van der Waals surface area contributed by atoms with Crippen LogP contribution in [0.5, 0.6) is 0 Å². The minimum atomic E-state index is -3.67. The summed E-state index contributed by atoms with van der Waals surface area (Å²) in [6.45, 7) is 11.5. The fraction of sp³-hybridized carbons (Fsp3) is 0.407. The van der Waals surface area contributed by atoms with Crippen LogP contribution in [0.25, 0.3) is 0 Å². The minimum absolute atomic E-state index is 0.0658. The number of aryl methyl sites for hydroxylation is 1. The van der Waals surface area contributed by atoms with Gasteiger partial charge in [0.2, 0.25) is 15.0 Å². The number of hydrogen-bond donors (Lipinski definition) is 0. The van der Waals surface area contributed by atoms with Crippen molar-refractivity contribution in [2.24, 2.45) is 11.8 Å². The Kier molecular flexibility index (Phi) is 8.31. The summed E-state index contributed by atoms with van der Waals surface area (Å²) in [5.41, 5.74) is 3.04. The summed E-state index contributed by atoms with van der Waals surface area (Å²) in [6, 6.07) is 16.7. The van der Waals surface area contributed by atoms with Crippen LogP contribution in [0.1, 0.15) is 54.9 Å². The maximum Gasteiger partial charge on any atom is 0.254 e. The van der Waals surface area contributed by atoms with Gasteiger partial charge >= 0.3 is 0 Å². The van der Waals surface area contributed by atoms with Gasteiger partial charge in [-0.25, -0.2) is 13.4 Å². The minimum Gasteiger partial charge on any atom is -0.333 e. The Hall–Kier alpha value is -2.93. The molecule has 0 aliphatic carbocycles. The zero-order valence-corrected chi connectivity index (χ0v) is 21.5. The van der Waals surface area contributed by atoms with Crippen LogP contribution in [-0.2, 0) is 28.7 Å². The van der Waals surface area contributed by atoms with Gasteiger partial charge in [-0.05, 0) is 42.0 Å². The summed E-state index contributed by atoms with van der Waals surface area (Å²) >= 11 is 0. The average Bonchev–Trinajstić information content (AvgIpc) is 3.17. The largest absolute Gasteiger partial charge is 0.333 e. The van der Waals surface area contributed by atoms with Gasteiger partial charge in [0.1, 0.15) is 0 Å². The second-order valence-corrected chi connectivity index (χ2v) is 11.6. The van der Waals surface area contributed by atoms with Crippen LogP contribution in [0.15, 0.2) is 66.0 Å². The molecule has 34 heavy (non-hydrogen) atoms. The number of carbonyl (C=O) groups is 1. The lowest BCUT2D eigenvalue weighted by Gasteiger charge is -2.26. The lowest BCUT2D eigenvalue weighted by Crippen LogP contribution is -2.34. The quantitative estimate of drug-likeness (QED) is 0.403. The highest BCUT2D eigenvalue weighted by molar-refractivity contribution is 7.90. The molecular weight excluding hydrogens is 446 g/mol. The zero-order valence-electron chi connectivity index (χ0n) is 20.7. The summed E-state index contributed by atoms with van der Waals surface area (Å²) in [5.74, 6) is 0.297. The molecule has 0 spiro atoms. The Balaban J connectivity index is 1.97. The average molecular weight is 482 g/mol. The summed E-state index contributed by atoms with van der Waals surface area (Å²) in [7, 11) is -3.67. The molecule has 3 rings (SSSR count). The summed E-state index contributed by atoms with van der Waals surface area (Å²) in [4.78, 5) is 19.4. The standard InChI is InChI=1S/C27H35N3O3S/c1-20(2)16-29(26(31)23-12-7-6-8-13-23)18-25-15-28-27(30(25)17-21(3)4)34(32,33)19-24-14-10-9-11-22(24)5/h6-15,20-21H,16-19H2,1-5H3. The van der Waals surface area contributed by atoms with Crippen molar-refractivity contribution in [3.63, 3.8) is 0 Å². The van der Waals surface area contributed by atoms with Crippen LogP contribution in [0, 0.1) is 18.8 Å². The van der Waals surface area contributed by atoms with Gasteiger partial charge in [0.25, 0.3) is 5.91 Å². The molecule has 0 N–H and O–H groups in total. The number of rotatable bonds is 10. The molecule has 0 atom stereocenters. The normalized spacial score (nSPS) is 11.9. The van der Waals surface area contributed by atoms with Crippen LogP contribution < -0.4 is 0 Å². The van der Waals surface area contributed by atoms with E-state index in [4.69, 9.17) is 0 Å². The molecule has 0 aliphatic heterocycles. The fourth-order valence-electron chi connectivity index (χ4n) is 3.99. The fourth-order valence-corrected chi connectivity index (χ4v) is 5.59. The molecule has 0 saturated heterocycles. The van der Waals surface area contributed by atoms with Crippen molar-refractivity contribution in [1.29, 1.82) is 0 Å². The van der Waals surface area contributed by atoms with Crippen LogP contribution in [-0.4, -0.2) is 35.3 Å². The Morgan fingerprint density at radius 1 is 0.971 bits per heavy atom. The van der Waals surface area contributed by atoms with Crippen molar-refractivity contribution in [2.75, 3.05) is 6.54 Å². The van der Waals surface area contributed by atoms with E-state index in [9.17, 15) is 13.2 Å². The van der Waals surface area contributed by atoms with Crippen molar-refractivity contribution in [2.45, 2.75) is 58.6 Å². The van der Waals surface area contributed by atoms with Crippen LogP contribution in [0.2, 0.25) is 0 Å². The van der Waals surface area contributed by atoms with Crippen molar-refractivity contribution in [3.05, 3.63) is 83.2 Å². The van der Waals surface area contributed by atoms with E-state index < -0.39 is 9.84 Å². The number of amides is 1. The van der Waals surface area contributed by atoms with E-state index in [0.29, 0.717) is 25.2 Å². The van der Waals surface area contributed by atoms with Gasteiger partial charge in [0.15, 0.2) is 0 Å². The maximum atomic E-state index is 13.4. The Labute approximate surface area is 203 Å². The molecule has 182 valence electrons. The Bertz CT molecular complexity index is 1210. The lowest BCUT2D eigenvalue weighted by atomic mass is 10.1. The molecule has 0 unspecified atom stereocenters. The van der Waals surface area contributed by atoms with E-state index in [-0.39, 0.29) is 28.7 Å². The third-order valence-electron chi connectivity index (χ3n) is 5.58. The van der Waals surface area contributed by atoms with Crippen molar-refractivity contribution < 1.29 is 13.2 Å². The number of benzene rings is 2. The van der Waals surface area contributed by atoms with Gasteiger partial charge in [-0.2, -0.15) is 0 Å². The SMILES string of the molecule is Cc1ccccc1CS(=O)(=O)c1ncc(CN(CC(C)C)C(=O)c2ccccc2)n1CC(C)C. The molecule has 0 fully saturated rings. The topological polar surface area (TPSA) is 72.3 Å². The number of nitrogens with zero attached hydrogens (tertiary/aromatic N) is 3. The molecule has 0 bridgehead atoms. The smallest absolute Gasteiger partial charge is 0.254 e. The number of imidazole rings is 1. The second kappa shape index (κ2) is 11.0. The van der Waals surface area contributed by atoms with Crippen LogP contribution in [0.4, 0.5) is 0 Å². The molecule has 0 radical (unpaired) electrons. The van der Waals surface area contributed by atoms with E-state index in [1.54, 1.807) is 27.8 Å². The molecule has 7 heteroatoms. The van der Waals surface area contributed by atoms with E-state index in [1.807, 2.05) is 63.2 Å². The number of aromatic nitrogens is 2. The first-order chi connectivity index (χ1) is 16.1. The molecule has 2 aromatic carbocycles. The monoisotopic (exact) mass is 481 g/mol. The Morgan fingerprint density at radius 2 is 1.62 bits per heavy atom. The number of carbonyl (C=O) groups excluding carboxylic acids is 1. The summed E-state index contributed by atoms with van der Waals surface area (Å²) in [5, 5.41) is 0.0658. The number of sulfone groups is 1. The molecule has 0 saturated carbocycles. The number of hydrogen-bond acceptors (Lipinski definition) is 4. The zero-order chi connectivity index (χ0) is 24.9. The molecule has 6 nitrogen and oxygen atoms in total. The predicted octanol–water partition coefficient (Wildman–Crippen LogP) is 5.12. The van der Waals surface area contributed by atoms with Gasteiger partial charge in [-0.15, -0.1) is 0 Å². The van der Waals surface area contributed by atoms with Gasteiger partial charge in [0.05, 0.1) is 24.2 Å². The highest BCUT2D eigenvalue weighted by Gasteiger charge is 2.27. The van der Waals surface area contributed by atoms with E-state index in [2.05, 4.69) is 18.8 Å². The van der Waals surface area contributed by atoms with Gasteiger partial charge < -0.3 is 9.47 Å². The van der Waals surface area contributed by atoms with Gasteiger partial charge in [-0.1, -0.05) is 70.2 Å². The first-order valence-corrected chi connectivity index (χ1v) is 13.4. The first-order valence-electron chi connectivity index (χ1n) is 11.7. The van der Waals surface area contributed by atoms with Gasteiger partial charge in [0, 0.05) is 18.7 Å². The molecular formula is C27H35N3O3S. The van der Waals surface area contributed by atoms with Crippen molar-refractivity contribution in [3.8, 4) is 0 Å². The third-order valence-corrected chi connectivity index (χ3v) is 7.15.